The highest BCUT2D eigenvalue weighted by Crippen LogP contribution is 2.24. The van der Waals surface area contributed by atoms with Gasteiger partial charge in [0, 0.05) is 19.7 Å². The maximum atomic E-state index is 11.9. The maximum Gasteiger partial charge on any atom is 0.271 e. The van der Waals surface area contributed by atoms with E-state index in [0.29, 0.717) is 22.1 Å². The highest BCUT2D eigenvalue weighted by Gasteiger charge is 2.05. The third-order valence-corrected chi connectivity index (χ3v) is 4.15. The highest BCUT2D eigenvalue weighted by atomic mass is 127. The summed E-state index contributed by atoms with van der Waals surface area (Å²) in [4.78, 5) is 11.9. The van der Waals surface area contributed by atoms with Gasteiger partial charge in [0.05, 0.1) is 6.21 Å². The number of halogens is 2. The summed E-state index contributed by atoms with van der Waals surface area (Å²) >= 11 is 8.16. The van der Waals surface area contributed by atoms with Crippen LogP contribution in [0.4, 0.5) is 0 Å². The van der Waals surface area contributed by atoms with Gasteiger partial charge < -0.3 is 4.42 Å². The van der Waals surface area contributed by atoms with Crippen LogP contribution in [0.25, 0.3) is 11.3 Å². The molecule has 3 aromatic rings. The van der Waals surface area contributed by atoms with Crippen LogP contribution in [0.2, 0.25) is 5.02 Å². The van der Waals surface area contributed by atoms with Crippen LogP contribution in [0.5, 0.6) is 0 Å². The summed E-state index contributed by atoms with van der Waals surface area (Å²) in [7, 11) is 0. The molecule has 0 bridgehead atoms. The molecule has 6 heteroatoms. The third kappa shape index (κ3) is 4.24. The predicted molar refractivity (Wildman–Crippen MR) is 103 cm³/mol. The van der Waals surface area contributed by atoms with Crippen molar-refractivity contribution in [2.75, 3.05) is 0 Å². The average molecular weight is 451 g/mol. The minimum Gasteiger partial charge on any atom is -0.455 e. The molecule has 1 amide bonds. The van der Waals surface area contributed by atoms with Gasteiger partial charge in [-0.05, 0) is 71.1 Å². The largest absolute Gasteiger partial charge is 0.455 e. The van der Waals surface area contributed by atoms with Crippen LogP contribution in [-0.4, -0.2) is 12.1 Å². The summed E-state index contributed by atoms with van der Waals surface area (Å²) in [5.74, 6) is 0.945. The Morgan fingerprint density at radius 3 is 2.67 bits per heavy atom. The Labute approximate surface area is 157 Å². The summed E-state index contributed by atoms with van der Waals surface area (Å²) < 4.78 is 6.73. The number of furan rings is 1. The SMILES string of the molecule is O=C(N/N=C\c1ccc(-c2cccc(Cl)c2)o1)c1ccc(I)cc1. The molecular formula is C18H12ClIN2O2. The molecule has 0 atom stereocenters. The lowest BCUT2D eigenvalue weighted by Gasteiger charge is -1.99. The summed E-state index contributed by atoms with van der Waals surface area (Å²) in [6.45, 7) is 0. The second-order valence-corrected chi connectivity index (χ2v) is 6.60. The summed E-state index contributed by atoms with van der Waals surface area (Å²) in [5.41, 5.74) is 3.90. The van der Waals surface area contributed by atoms with E-state index < -0.39 is 0 Å². The van der Waals surface area contributed by atoms with E-state index in [1.165, 1.54) is 6.21 Å². The number of benzene rings is 2. The number of nitrogens with zero attached hydrogens (tertiary/aromatic N) is 1. The van der Waals surface area contributed by atoms with Gasteiger partial charge in [0.1, 0.15) is 11.5 Å². The molecule has 1 heterocycles. The first-order valence-electron chi connectivity index (χ1n) is 7.06. The summed E-state index contributed by atoms with van der Waals surface area (Å²) in [6, 6.07) is 18.2. The van der Waals surface area contributed by atoms with E-state index in [4.69, 9.17) is 16.0 Å². The number of carbonyl (C=O) groups is 1. The van der Waals surface area contributed by atoms with Gasteiger partial charge in [0.15, 0.2) is 0 Å². The van der Waals surface area contributed by atoms with E-state index in [2.05, 4.69) is 33.1 Å². The van der Waals surface area contributed by atoms with E-state index >= 15 is 0 Å². The molecule has 4 nitrogen and oxygen atoms in total. The van der Waals surface area contributed by atoms with E-state index in [9.17, 15) is 4.79 Å². The molecule has 0 aliphatic rings. The van der Waals surface area contributed by atoms with Crippen molar-refractivity contribution in [2.24, 2.45) is 5.10 Å². The minimum atomic E-state index is -0.274. The zero-order valence-corrected chi connectivity index (χ0v) is 15.3. The molecule has 2 aromatic carbocycles. The molecule has 1 N–H and O–H groups in total. The summed E-state index contributed by atoms with van der Waals surface area (Å²) in [6.07, 6.45) is 1.46. The fraction of sp³-hybridized carbons (Fsp3) is 0. The normalized spacial score (nSPS) is 10.9. The zero-order chi connectivity index (χ0) is 16.9. The van der Waals surface area contributed by atoms with Gasteiger partial charge in [0.2, 0.25) is 0 Å². The smallest absolute Gasteiger partial charge is 0.271 e. The van der Waals surface area contributed by atoms with Gasteiger partial charge in [0.25, 0.3) is 5.91 Å². The van der Waals surface area contributed by atoms with Gasteiger partial charge >= 0.3 is 0 Å². The number of hydrazone groups is 1. The Bertz CT molecular complexity index is 888. The molecule has 0 fully saturated rings. The standard InChI is InChI=1S/C18H12ClIN2O2/c19-14-3-1-2-13(10-14)17-9-8-16(24-17)11-21-22-18(23)12-4-6-15(20)7-5-12/h1-11H,(H,22,23)/b21-11-. The van der Waals surface area contributed by atoms with Crippen molar-refractivity contribution in [3.63, 3.8) is 0 Å². The lowest BCUT2D eigenvalue weighted by molar-refractivity contribution is 0.0955. The van der Waals surface area contributed by atoms with Crippen LogP contribution in [-0.2, 0) is 0 Å². The topological polar surface area (TPSA) is 54.6 Å². The highest BCUT2D eigenvalue weighted by molar-refractivity contribution is 14.1. The Morgan fingerprint density at radius 1 is 1.12 bits per heavy atom. The van der Waals surface area contributed by atoms with E-state index in [1.807, 2.05) is 36.4 Å². The van der Waals surface area contributed by atoms with Crippen LogP contribution >= 0.6 is 34.2 Å². The van der Waals surface area contributed by atoms with E-state index in [-0.39, 0.29) is 5.91 Å². The van der Waals surface area contributed by atoms with Gasteiger partial charge in [-0.1, -0.05) is 23.7 Å². The molecule has 0 radical (unpaired) electrons. The lowest BCUT2D eigenvalue weighted by atomic mass is 10.2. The van der Waals surface area contributed by atoms with Gasteiger partial charge in [-0.2, -0.15) is 5.10 Å². The summed E-state index contributed by atoms with van der Waals surface area (Å²) in [5, 5.41) is 4.56. The first kappa shape index (κ1) is 16.7. The maximum absolute atomic E-state index is 11.9. The van der Waals surface area contributed by atoms with Crippen molar-refractivity contribution < 1.29 is 9.21 Å². The monoisotopic (exact) mass is 450 g/mol. The van der Waals surface area contributed by atoms with Crippen molar-refractivity contribution in [3.05, 3.63) is 80.6 Å². The molecular weight excluding hydrogens is 439 g/mol. The number of hydrogen-bond acceptors (Lipinski definition) is 3. The van der Waals surface area contributed by atoms with Crippen molar-refractivity contribution in [1.82, 2.24) is 5.43 Å². The molecule has 0 aliphatic heterocycles. The van der Waals surface area contributed by atoms with Crippen molar-refractivity contribution in [1.29, 1.82) is 0 Å². The third-order valence-electron chi connectivity index (χ3n) is 3.20. The molecule has 0 saturated heterocycles. The number of nitrogens with one attached hydrogen (secondary N) is 1. The zero-order valence-electron chi connectivity index (χ0n) is 12.4. The van der Waals surface area contributed by atoms with Crippen LogP contribution in [0.15, 0.2) is 70.2 Å². The molecule has 3 rings (SSSR count). The average Bonchev–Trinajstić information content (AvgIpc) is 3.04. The number of amides is 1. The fourth-order valence-corrected chi connectivity index (χ4v) is 2.59. The minimum absolute atomic E-state index is 0.274. The molecule has 0 unspecified atom stereocenters. The molecule has 24 heavy (non-hydrogen) atoms. The van der Waals surface area contributed by atoms with Crippen molar-refractivity contribution in [2.45, 2.75) is 0 Å². The molecule has 0 aliphatic carbocycles. The first-order chi connectivity index (χ1) is 11.6. The lowest BCUT2D eigenvalue weighted by Crippen LogP contribution is -2.17. The number of carbonyl (C=O) groups excluding carboxylic acids is 1. The van der Waals surface area contributed by atoms with E-state index in [1.54, 1.807) is 24.3 Å². The molecule has 1 aromatic heterocycles. The van der Waals surface area contributed by atoms with Crippen LogP contribution in [0.3, 0.4) is 0 Å². The Morgan fingerprint density at radius 2 is 1.92 bits per heavy atom. The predicted octanol–water partition coefficient (Wildman–Crippen LogP) is 4.97. The van der Waals surface area contributed by atoms with Gasteiger partial charge in [-0.15, -0.1) is 0 Å². The second-order valence-electron chi connectivity index (χ2n) is 4.92. The van der Waals surface area contributed by atoms with Gasteiger partial charge in [-0.3, -0.25) is 4.79 Å². The second kappa shape index (κ2) is 7.63. The Balaban J connectivity index is 1.65. The quantitative estimate of drug-likeness (QED) is 0.347. The van der Waals surface area contributed by atoms with Gasteiger partial charge in [-0.25, -0.2) is 5.43 Å². The van der Waals surface area contributed by atoms with Crippen LogP contribution in [0.1, 0.15) is 16.1 Å². The Kier molecular flexibility index (Phi) is 5.32. The van der Waals surface area contributed by atoms with Crippen LogP contribution in [0, 0.1) is 3.57 Å². The molecule has 0 spiro atoms. The fourth-order valence-electron chi connectivity index (χ4n) is 2.04. The number of hydrogen-bond donors (Lipinski definition) is 1. The molecule has 0 saturated carbocycles. The van der Waals surface area contributed by atoms with E-state index in [0.717, 1.165) is 9.13 Å². The number of rotatable bonds is 4. The van der Waals surface area contributed by atoms with Crippen molar-refractivity contribution >= 4 is 46.3 Å². The Hall–Kier alpha value is -2.12. The van der Waals surface area contributed by atoms with Crippen molar-refractivity contribution in [3.8, 4) is 11.3 Å². The first-order valence-corrected chi connectivity index (χ1v) is 8.52. The molecule has 120 valence electrons. The van der Waals surface area contributed by atoms with Crippen LogP contribution < -0.4 is 5.43 Å².